The smallest absolute Gasteiger partial charge is 0.305 e. The van der Waals surface area contributed by atoms with E-state index in [0.717, 1.165) is 12.0 Å². The van der Waals surface area contributed by atoms with Gasteiger partial charge >= 0.3 is 5.97 Å². The standard InChI is InChI=1S/C14H20O4/c1-2-6-14(16)18-11-13(15)10-17-9-12-7-4-3-5-8-12/h3-5,7-8,13,15H,2,6,9-11H2,1H3/t13-/m1/s1. The van der Waals surface area contributed by atoms with Crippen molar-refractivity contribution < 1.29 is 19.4 Å². The quantitative estimate of drug-likeness (QED) is 0.718. The van der Waals surface area contributed by atoms with Crippen LogP contribution in [-0.4, -0.2) is 30.4 Å². The van der Waals surface area contributed by atoms with Crippen molar-refractivity contribution in [2.75, 3.05) is 13.2 Å². The van der Waals surface area contributed by atoms with E-state index in [1.165, 1.54) is 0 Å². The first kappa shape index (κ1) is 14.7. The minimum Gasteiger partial charge on any atom is -0.463 e. The lowest BCUT2D eigenvalue weighted by atomic mass is 10.2. The molecule has 0 unspecified atom stereocenters. The molecule has 0 spiro atoms. The number of hydrogen-bond donors (Lipinski definition) is 1. The molecule has 4 nitrogen and oxygen atoms in total. The molecule has 0 radical (unpaired) electrons. The minimum absolute atomic E-state index is 0.00633. The van der Waals surface area contributed by atoms with Crippen molar-refractivity contribution in [3.63, 3.8) is 0 Å². The number of carbonyl (C=O) groups is 1. The summed E-state index contributed by atoms with van der Waals surface area (Å²) in [5, 5.41) is 9.54. The van der Waals surface area contributed by atoms with Gasteiger partial charge in [-0.3, -0.25) is 4.79 Å². The minimum atomic E-state index is -0.769. The second kappa shape index (κ2) is 8.66. The van der Waals surface area contributed by atoms with Crippen LogP contribution in [0.2, 0.25) is 0 Å². The van der Waals surface area contributed by atoms with E-state index < -0.39 is 6.10 Å². The Kier molecular flexibility index (Phi) is 7.06. The molecular formula is C14H20O4. The SMILES string of the molecule is CCCC(=O)OC[C@H](O)COCc1ccccc1. The van der Waals surface area contributed by atoms with Crippen LogP contribution in [0.1, 0.15) is 25.3 Å². The van der Waals surface area contributed by atoms with Gasteiger partial charge in [0.05, 0.1) is 13.2 Å². The Morgan fingerprint density at radius 3 is 2.67 bits per heavy atom. The van der Waals surface area contributed by atoms with Gasteiger partial charge in [0, 0.05) is 6.42 Å². The van der Waals surface area contributed by atoms with Gasteiger partial charge in [-0.25, -0.2) is 0 Å². The molecule has 0 amide bonds. The van der Waals surface area contributed by atoms with Crippen LogP contribution >= 0.6 is 0 Å². The molecule has 0 aliphatic rings. The van der Waals surface area contributed by atoms with Crippen molar-refractivity contribution >= 4 is 5.97 Å². The summed E-state index contributed by atoms with van der Waals surface area (Å²) < 4.78 is 10.2. The molecule has 0 aliphatic heterocycles. The molecule has 4 heteroatoms. The Morgan fingerprint density at radius 1 is 1.28 bits per heavy atom. The van der Waals surface area contributed by atoms with E-state index in [1.807, 2.05) is 37.3 Å². The van der Waals surface area contributed by atoms with E-state index in [0.29, 0.717) is 13.0 Å². The highest BCUT2D eigenvalue weighted by atomic mass is 16.5. The molecule has 1 aromatic carbocycles. The first-order valence-electron chi connectivity index (χ1n) is 6.17. The lowest BCUT2D eigenvalue weighted by molar-refractivity contribution is -0.147. The summed E-state index contributed by atoms with van der Waals surface area (Å²) in [5.41, 5.74) is 1.05. The van der Waals surface area contributed by atoms with Crippen LogP contribution in [0.15, 0.2) is 30.3 Å². The summed E-state index contributed by atoms with van der Waals surface area (Å²) >= 11 is 0. The zero-order chi connectivity index (χ0) is 13.2. The van der Waals surface area contributed by atoms with Crippen molar-refractivity contribution in [1.29, 1.82) is 0 Å². The molecule has 1 rings (SSSR count). The van der Waals surface area contributed by atoms with Gasteiger partial charge in [0.25, 0.3) is 0 Å². The predicted octanol–water partition coefficient (Wildman–Crippen LogP) is 1.91. The van der Waals surface area contributed by atoms with Crippen LogP contribution in [0, 0.1) is 0 Å². The molecule has 0 fully saturated rings. The summed E-state index contributed by atoms with van der Waals surface area (Å²) in [6.45, 7) is 2.50. The van der Waals surface area contributed by atoms with Gasteiger partial charge in [-0.2, -0.15) is 0 Å². The maximum Gasteiger partial charge on any atom is 0.305 e. The molecule has 0 saturated carbocycles. The second-order valence-electron chi connectivity index (χ2n) is 4.09. The highest BCUT2D eigenvalue weighted by molar-refractivity contribution is 5.69. The monoisotopic (exact) mass is 252 g/mol. The van der Waals surface area contributed by atoms with Crippen LogP contribution in [0.25, 0.3) is 0 Å². The first-order valence-corrected chi connectivity index (χ1v) is 6.17. The number of aliphatic hydroxyl groups excluding tert-OH is 1. The third-order valence-corrected chi connectivity index (χ3v) is 2.31. The molecule has 0 saturated heterocycles. The van der Waals surface area contributed by atoms with Crippen molar-refractivity contribution in [2.45, 2.75) is 32.5 Å². The highest BCUT2D eigenvalue weighted by Crippen LogP contribution is 2.01. The number of hydrogen-bond acceptors (Lipinski definition) is 4. The summed E-state index contributed by atoms with van der Waals surface area (Å²) in [5.74, 6) is -0.278. The number of esters is 1. The van der Waals surface area contributed by atoms with E-state index >= 15 is 0 Å². The van der Waals surface area contributed by atoms with E-state index in [1.54, 1.807) is 0 Å². The largest absolute Gasteiger partial charge is 0.463 e. The molecule has 0 aromatic heterocycles. The van der Waals surface area contributed by atoms with E-state index in [-0.39, 0.29) is 19.2 Å². The fraction of sp³-hybridized carbons (Fsp3) is 0.500. The Balaban J connectivity index is 2.10. The summed E-state index contributed by atoms with van der Waals surface area (Å²) in [6, 6.07) is 9.70. The topological polar surface area (TPSA) is 55.8 Å². The highest BCUT2D eigenvalue weighted by Gasteiger charge is 2.08. The van der Waals surface area contributed by atoms with Crippen LogP contribution in [-0.2, 0) is 20.9 Å². The number of ether oxygens (including phenoxy) is 2. The molecule has 1 aromatic rings. The lowest BCUT2D eigenvalue weighted by Gasteiger charge is -2.11. The molecule has 1 atom stereocenters. The number of carbonyl (C=O) groups excluding carboxylic acids is 1. The van der Waals surface area contributed by atoms with Gasteiger partial charge in [-0.05, 0) is 12.0 Å². The average molecular weight is 252 g/mol. The van der Waals surface area contributed by atoms with E-state index in [9.17, 15) is 9.90 Å². The number of benzene rings is 1. The van der Waals surface area contributed by atoms with Gasteiger partial charge in [0.15, 0.2) is 0 Å². The van der Waals surface area contributed by atoms with Crippen LogP contribution in [0.3, 0.4) is 0 Å². The lowest BCUT2D eigenvalue weighted by Crippen LogP contribution is -2.23. The Hall–Kier alpha value is -1.39. The maximum atomic E-state index is 11.1. The molecule has 1 N–H and O–H groups in total. The first-order chi connectivity index (χ1) is 8.72. The Labute approximate surface area is 108 Å². The zero-order valence-corrected chi connectivity index (χ0v) is 10.7. The third-order valence-electron chi connectivity index (χ3n) is 2.31. The fourth-order valence-corrected chi connectivity index (χ4v) is 1.40. The predicted molar refractivity (Wildman–Crippen MR) is 68.0 cm³/mol. The van der Waals surface area contributed by atoms with Crippen molar-refractivity contribution in [3.8, 4) is 0 Å². The molecule has 0 heterocycles. The fourth-order valence-electron chi connectivity index (χ4n) is 1.40. The van der Waals surface area contributed by atoms with E-state index in [2.05, 4.69) is 0 Å². The van der Waals surface area contributed by atoms with Crippen LogP contribution < -0.4 is 0 Å². The van der Waals surface area contributed by atoms with Crippen molar-refractivity contribution in [3.05, 3.63) is 35.9 Å². The average Bonchev–Trinajstić information content (AvgIpc) is 2.38. The molecule has 0 bridgehead atoms. The molecule has 18 heavy (non-hydrogen) atoms. The number of aliphatic hydroxyl groups is 1. The third kappa shape index (κ3) is 6.37. The molecular weight excluding hydrogens is 232 g/mol. The van der Waals surface area contributed by atoms with Crippen LogP contribution in [0.5, 0.6) is 0 Å². The normalized spacial score (nSPS) is 12.1. The van der Waals surface area contributed by atoms with Gasteiger partial charge in [-0.1, -0.05) is 37.3 Å². The van der Waals surface area contributed by atoms with Crippen molar-refractivity contribution in [2.24, 2.45) is 0 Å². The van der Waals surface area contributed by atoms with Crippen LogP contribution in [0.4, 0.5) is 0 Å². The zero-order valence-electron chi connectivity index (χ0n) is 10.7. The molecule has 100 valence electrons. The number of rotatable bonds is 8. The van der Waals surface area contributed by atoms with Crippen molar-refractivity contribution in [1.82, 2.24) is 0 Å². The van der Waals surface area contributed by atoms with E-state index in [4.69, 9.17) is 9.47 Å². The maximum absolute atomic E-state index is 11.1. The van der Waals surface area contributed by atoms with Gasteiger partial charge in [0.2, 0.25) is 0 Å². The summed E-state index contributed by atoms with van der Waals surface area (Å²) in [7, 11) is 0. The Morgan fingerprint density at radius 2 is 2.00 bits per heavy atom. The Bertz CT molecular complexity index is 337. The van der Waals surface area contributed by atoms with Gasteiger partial charge in [0.1, 0.15) is 12.7 Å². The summed E-state index contributed by atoms with van der Waals surface area (Å²) in [4.78, 5) is 11.1. The van der Waals surface area contributed by atoms with Gasteiger partial charge < -0.3 is 14.6 Å². The summed E-state index contributed by atoms with van der Waals surface area (Å²) in [6.07, 6.45) is 0.367. The second-order valence-corrected chi connectivity index (χ2v) is 4.09. The van der Waals surface area contributed by atoms with Gasteiger partial charge in [-0.15, -0.1) is 0 Å². The molecule has 0 aliphatic carbocycles.